The molecule has 2 nitrogen and oxygen atoms in total. The fraction of sp³-hybridized carbons (Fsp3) is 1.00. The van der Waals surface area contributed by atoms with Crippen molar-refractivity contribution in [2.45, 2.75) is 90.6 Å². The molecule has 1 aliphatic rings. The van der Waals surface area contributed by atoms with E-state index in [0.29, 0.717) is 0 Å². The van der Waals surface area contributed by atoms with Gasteiger partial charge < -0.3 is 10.1 Å². The Kier molecular flexibility index (Phi) is 9.54. The van der Waals surface area contributed by atoms with Gasteiger partial charge in [-0.3, -0.25) is 0 Å². The molecule has 0 aliphatic heterocycles. The van der Waals surface area contributed by atoms with Crippen LogP contribution in [0, 0.1) is 5.92 Å². The third-order valence-electron chi connectivity index (χ3n) is 4.87. The molecule has 1 fully saturated rings. The van der Waals surface area contributed by atoms with Gasteiger partial charge in [0.2, 0.25) is 0 Å². The highest BCUT2D eigenvalue weighted by molar-refractivity contribution is 4.89. The van der Waals surface area contributed by atoms with Crippen LogP contribution in [0.5, 0.6) is 0 Å². The van der Waals surface area contributed by atoms with E-state index in [2.05, 4.69) is 26.1 Å². The van der Waals surface area contributed by atoms with Crippen LogP contribution in [-0.2, 0) is 4.74 Å². The molecule has 0 aromatic rings. The second-order valence-corrected chi connectivity index (χ2v) is 6.62. The zero-order valence-electron chi connectivity index (χ0n) is 14.2. The van der Waals surface area contributed by atoms with E-state index in [-0.39, 0.29) is 5.60 Å². The van der Waals surface area contributed by atoms with Crippen molar-refractivity contribution < 1.29 is 4.74 Å². The summed E-state index contributed by atoms with van der Waals surface area (Å²) in [5.41, 5.74) is 0.146. The first kappa shape index (κ1) is 18.0. The molecule has 0 heterocycles. The van der Waals surface area contributed by atoms with Crippen molar-refractivity contribution in [2.75, 3.05) is 19.7 Å². The Morgan fingerprint density at radius 1 is 1.00 bits per heavy atom. The largest absolute Gasteiger partial charge is 0.374 e. The molecule has 1 saturated carbocycles. The minimum atomic E-state index is 0.146. The summed E-state index contributed by atoms with van der Waals surface area (Å²) in [4.78, 5) is 0. The third-order valence-corrected chi connectivity index (χ3v) is 4.87. The molecule has 0 aromatic carbocycles. The zero-order valence-corrected chi connectivity index (χ0v) is 14.2. The summed E-state index contributed by atoms with van der Waals surface area (Å²) in [6.07, 6.45) is 13.0. The zero-order chi connectivity index (χ0) is 14.7. The highest BCUT2D eigenvalue weighted by Gasteiger charge is 2.35. The molecular formula is C18H37NO. The monoisotopic (exact) mass is 283 g/mol. The lowest BCUT2D eigenvalue weighted by Crippen LogP contribution is -2.46. The smallest absolute Gasteiger partial charge is 0.0806 e. The Balaban J connectivity index is 2.35. The molecule has 120 valence electrons. The van der Waals surface area contributed by atoms with Gasteiger partial charge in [-0.25, -0.2) is 0 Å². The van der Waals surface area contributed by atoms with Gasteiger partial charge in [0, 0.05) is 13.2 Å². The Labute approximate surface area is 127 Å². The number of rotatable bonds is 11. The van der Waals surface area contributed by atoms with Gasteiger partial charge in [0.05, 0.1) is 5.60 Å². The molecule has 1 N–H and O–H groups in total. The first-order valence-corrected chi connectivity index (χ1v) is 9.11. The first-order chi connectivity index (χ1) is 9.76. The van der Waals surface area contributed by atoms with E-state index < -0.39 is 0 Å². The fourth-order valence-electron chi connectivity index (χ4n) is 3.29. The molecule has 0 amide bonds. The Hall–Kier alpha value is -0.0800. The second kappa shape index (κ2) is 10.6. The summed E-state index contributed by atoms with van der Waals surface area (Å²) in [5.74, 6) is 0.943. The van der Waals surface area contributed by atoms with E-state index in [0.717, 1.165) is 25.6 Å². The van der Waals surface area contributed by atoms with Gasteiger partial charge in [-0.2, -0.15) is 0 Å². The second-order valence-electron chi connectivity index (χ2n) is 6.62. The van der Waals surface area contributed by atoms with Crippen molar-refractivity contribution in [3.05, 3.63) is 0 Å². The lowest BCUT2D eigenvalue weighted by atomic mass is 9.77. The van der Waals surface area contributed by atoms with Crippen LogP contribution in [0.2, 0.25) is 0 Å². The summed E-state index contributed by atoms with van der Waals surface area (Å²) in [7, 11) is 0. The highest BCUT2D eigenvalue weighted by Crippen LogP contribution is 2.36. The van der Waals surface area contributed by atoms with E-state index in [4.69, 9.17) is 4.74 Å². The number of hydrogen-bond acceptors (Lipinski definition) is 2. The number of ether oxygens (including phenoxy) is 1. The maximum atomic E-state index is 6.39. The van der Waals surface area contributed by atoms with Gasteiger partial charge in [0.1, 0.15) is 0 Å². The Morgan fingerprint density at radius 3 is 2.35 bits per heavy atom. The van der Waals surface area contributed by atoms with Crippen molar-refractivity contribution in [1.29, 1.82) is 0 Å². The predicted octanol–water partition coefficient (Wildman–Crippen LogP) is 4.92. The van der Waals surface area contributed by atoms with Crippen LogP contribution >= 0.6 is 0 Å². The van der Waals surface area contributed by atoms with Crippen molar-refractivity contribution in [3.63, 3.8) is 0 Å². The first-order valence-electron chi connectivity index (χ1n) is 9.11. The van der Waals surface area contributed by atoms with Crippen LogP contribution in [0.4, 0.5) is 0 Å². The topological polar surface area (TPSA) is 21.3 Å². The van der Waals surface area contributed by atoms with Crippen LogP contribution in [0.15, 0.2) is 0 Å². The van der Waals surface area contributed by atoms with Crippen molar-refractivity contribution in [2.24, 2.45) is 5.92 Å². The van der Waals surface area contributed by atoms with Crippen molar-refractivity contribution in [1.82, 2.24) is 5.32 Å². The lowest BCUT2D eigenvalue weighted by molar-refractivity contribution is -0.0776. The average Bonchev–Trinajstić information content (AvgIpc) is 2.48. The number of hydrogen-bond donors (Lipinski definition) is 1. The molecule has 0 radical (unpaired) electrons. The minimum Gasteiger partial charge on any atom is -0.374 e. The summed E-state index contributed by atoms with van der Waals surface area (Å²) < 4.78 is 6.39. The maximum absolute atomic E-state index is 6.39. The van der Waals surface area contributed by atoms with E-state index in [1.165, 1.54) is 64.2 Å². The maximum Gasteiger partial charge on any atom is 0.0806 e. The Bertz CT molecular complexity index is 216. The van der Waals surface area contributed by atoms with E-state index in [9.17, 15) is 0 Å². The molecule has 1 aliphatic carbocycles. The molecule has 20 heavy (non-hydrogen) atoms. The Morgan fingerprint density at radius 2 is 1.75 bits per heavy atom. The van der Waals surface area contributed by atoms with Gasteiger partial charge in [0.25, 0.3) is 0 Å². The summed E-state index contributed by atoms with van der Waals surface area (Å²) >= 11 is 0. The van der Waals surface area contributed by atoms with Crippen LogP contribution in [-0.4, -0.2) is 25.3 Å². The van der Waals surface area contributed by atoms with Crippen LogP contribution < -0.4 is 5.32 Å². The average molecular weight is 284 g/mol. The van der Waals surface area contributed by atoms with Gasteiger partial charge in [0.15, 0.2) is 0 Å². The molecule has 1 rings (SSSR count). The van der Waals surface area contributed by atoms with Gasteiger partial charge in [-0.1, -0.05) is 46.5 Å². The van der Waals surface area contributed by atoms with Gasteiger partial charge in [-0.05, 0) is 51.0 Å². The lowest BCUT2D eigenvalue weighted by Gasteiger charge is -2.40. The van der Waals surface area contributed by atoms with Crippen LogP contribution in [0.3, 0.4) is 0 Å². The normalized spacial score (nSPS) is 26.9. The summed E-state index contributed by atoms with van der Waals surface area (Å²) in [6, 6.07) is 0. The fourth-order valence-corrected chi connectivity index (χ4v) is 3.29. The molecule has 0 spiro atoms. The van der Waals surface area contributed by atoms with E-state index >= 15 is 0 Å². The quantitative estimate of drug-likeness (QED) is 0.543. The van der Waals surface area contributed by atoms with Gasteiger partial charge >= 0.3 is 0 Å². The SMILES string of the molecule is CCCCCCOC1(CNCCC)CCC(CC)CC1. The molecule has 0 aromatic heterocycles. The molecule has 0 saturated heterocycles. The molecular weight excluding hydrogens is 246 g/mol. The highest BCUT2D eigenvalue weighted by atomic mass is 16.5. The number of nitrogens with one attached hydrogen (secondary N) is 1. The number of unbranched alkanes of at least 4 members (excludes halogenated alkanes) is 3. The molecule has 0 unspecified atom stereocenters. The van der Waals surface area contributed by atoms with Gasteiger partial charge in [-0.15, -0.1) is 0 Å². The standard InChI is InChI=1S/C18H37NO/c1-4-7-8-9-15-20-18(16-19-14-5-2)12-10-17(6-3)11-13-18/h17,19H,4-16H2,1-3H3. The van der Waals surface area contributed by atoms with Crippen molar-refractivity contribution >= 4 is 0 Å². The van der Waals surface area contributed by atoms with Crippen LogP contribution in [0.1, 0.15) is 85.0 Å². The third kappa shape index (κ3) is 6.58. The molecule has 0 atom stereocenters. The van der Waals surface area contributed by atoms with Crippen molar-refractivity contribution in [3.8, 4) is 0 Å². The molecule has 2 heteroatoms. The predicted molar refractivity (Wildman–Crippen MR) is 88.2 cm³/mol. The van der Waals surface area contributed by atoms with Crippen LogP contribution in [0.25, 0.3) is 0 Å². The van der Waals surface area contributed by atoms with E-state index in [1.807, 2.05) is 0 Å². The van der Waals surface area contributed by atoms with E-state index in [1.54, 1.807) is 0 Å². The summed E-state index contributed by atoms with van der Waals surface area (Å²) in [5, 5.41) is 3.61. The summed E-state index contributed by atoms with van der Waals surface area (Å²) in [6.45, 7) is 9.98. The minimum absolute atomic E-state index is 0.146. The molecule has 0 bridgehead atoms.